The lowest BCUT2D eigenvalue weighted by Crippen LogP contribution is -2.43. The molecule has 0 aromatic heterocycles. The summed E-state index contributed by atoms with van der Waals surface area (Å²) in [7, 11) is 0. The Balaban J connectivity index is 1.97. The van der Waals surface area contributed by atoms with Crippen molar-refractivity contribution in [3.8, 4) is 0 Å². The molecule has 0 fully saturated rings. The molecule has 2 aromatic carbocycles. The topological polar surface area (TPSA) is 40.5 Å². The number of amides is 1. The molecule has 1 N–H and O–H groups in total. The third-order valence-corrected chi connectivity index (χ3v) is 4.08. The molecule has 128 valence electrons. The van der Waals surface area contributed by atoms with E-state index >= 15 is 0 Å². The Morgan fingerprint density at radius 1 is 0.917 bits per heavy atom. The van der Waals surface area contributed by atoms with Crippen LogP contribution in [-0.4, -0.2) is 21.7 Å². The fourth-order valence-electron chi connectivity index (χ4n) is 2.65. The van der Waals surface area contributed by atoms with Crippen molar-refractivity contribution in [2.45, 2.75) is 52.0 Å². The van der Waals surface area contributed by atoms with Gasteiger partial charge in [0.1, 0.15) is 0 Å². The van der Waals surface area contributed by atoms with E-state index in [0.717, 1.165) is 36.3 Å². The number of unbranched alkanes of at least 4 members (excludes halogenated alkanes) is 1. The van der Waals surface area contributed by atoms with Gasteiger partial charge in [-0.1, -0.05) is 48.5 Å². The summed E-state index contributed by atoms with van der Waals surface area (Å²) in [6, 6.07) is 18.0. The molecule has 24 heavy (non-hydrogen) atoms. The Labute approximate surface area is 144 Å². The van der Waals surface area contributed by atoms with Crippen molar-refractivity contribution in [1.82, 2.24) is 5.06 Å². The van der Waals surface area contributed by atoms with E-state index in [1.165, 1.54) is 5.56 Å². The number of hydroxylamine groups is 2. The highest BCUT2D eigenvalue weighted by Crippen LogP contribution is 2.19. The number of carbonyl (C=O) groups is 1. The number of benzene rings is 2. The lowest BCUT2D eigenvalue weighted by Gasteiger charge is -2.29. The second kappa shape index (κ2) is 8.11. The molecule has 0 spiro atoms. The first-order valence-corrected chi connectivity index (χ1v) is 8.55. The molecule has 0 radical (unpaired) electrons. The summed E-state index contributed by atoms with van der Waals surface area (Å²) in [5.41, 5.74) is 2.32. The summed E-state index contributed by atoms with van der Waals surface area (Å²) in [5, 5.41) is 11.0. The quantitative estimate of drug-likeness (QED) is 0.467. The van der Waals surface area contributed by atoms with Gasteiger partial charge in [0.15, 0.2) is 0 Å². The van der Waals surface area contributed by atoms with Gasteiger partial charge in [-0.2, -0.15) is 0 Å². The number of nitrogens with zero attached hydrogens (tertiary/aromatic N) is 1. The van der Waals surface area contributed by atoms with Gasteiger partial charge >= 0.3 is 0 Å². The molecule has 0 heterocycles. The normalized spacial score (nSPS) is 11.3. The Morgan fingerprint density at radius 3 is 2.17 bits per heavy atom. The van der Waals surface area contributed by atoms with Gasteiger partial charge in [-0.05, 0) is 63.6 Å². The summed E-state index contributed by atoms with van der Waals surface area (Å²) in [5.74, 6) is -0.332. The fraction of sp³-hybridized carbons (Fsp3) is 0.381. The lowest BCUT2D eigenvalue weighted by atomic mass is 9.98. The van der Waals surface area contributed by atoms with Crippen molar-refractivity contribution in [3.05, 3.63) is 71.3 Å². The minimum absolute atomic E-state index is 0.332. The molecule has 3 heteroatoms. The second-order valence-corrected chi connectivity index (χ2v) is 7.14. The minimum atomic E-state index is -0.614. The zero-order valence-corrected chi connectivity index (χ0v) is 14.8. The summed E-state index contributed by atoms with van der Waals surface area (Å²) in [6.45, 7) is 5.44. The number of rotatable bonds is 6. The van der Waals surface area contributed by atoms with Crippen LogP contribution in [-0.2, 0) is 12.8 Å². The van der Waals surface area contributed by atoms with Gasteiger partial charge in [-0.25, -0.2) is 5.06 Å². The van der Waals surface area contributed by atoms with Gasteiger partial charge < -0.3 is 0 Å². The van der Waals surface area contributed by atoms with Crippen LogP contribution in [0, 0.1) is 0 Å². The molecule has 0 atom stereocenters. The van der Waals surface area contributed by atoms with Crippen molar-refractivity contribution >= 4 is 5.91 Å². The van der Waals surface area contributed by atoms with Crippen molar-refractivity contribution in [2.75, 3.05) is 0 Å². The minimum Gasteiger partial charge on any atom is -0.285 e. The number of hydrogen-bond acceptors (Lipinski definition) is 2. The molecule has 2 rings (SSSR count). The highest BCUT2D eigenvalue weighted by atomic mass is 16.5. The first-order valence-electron chi connectivity index (χ1n) is 8.55. The van der Waals surface area contributed by atoms with Gasteiger partial charge in [-0.15, -0.1) is 0 Å². The molecule has 3 nitrogen and oxygen atoms in total. The molecule has 0 bridgehead atoms. The van der Waals surface area contributed by atoms with E-state index in [4.69, 9.17) is 0 Å². The van der Waals surface area contributed by atoms with E-state index in [1.807, 2.05) is 45.0 Å². The molecular weight excluding hydrogens is 298 g/mol. The van der Waals surface area contributed by atoms with E-state index in [0.29, 0.717) is 5.56 Å². The molecule has 0 saturated carbocycles. The monoisotopic (exact) mass is 325 g/mol. The molecule has 0 aliphatic heterocycles. The Morgan fingerprint density at radius 2 is 1.50 bits per heavy atom. The van der Waals surface area contributed by atoms with Gasteiger partial charge in [0.05, 0.1) is 5.54 Å². The van der Waals surface area contributed by atoms with Crippen LogP contribution in [0.15, 0.2) is 54.6 Å². The molecule has 2 aromatic rings. The lowest BCUT2D eigenvalue weighted by molar-refractivity contribution is -0.114. The van der Waals surface area contributed by atoms with Crippen LogP contribution in [0.3, 0.4) is 0 Å². The number of hydrogen-bond donors (Lipinski definition) is 1. The van der Waals surface area contributed by atoms with E-state index < -0.39 is 5.54 Å². The highest BCUT2D eigenvalue weighted by Gasteiger charge is 2.27. The molecule has 1 amide bonds. The van der Waals surface area contributed by atoms with Crippen molar-refractivity contribution < 1.29 is 10.0 Å². The van der Waals surface area contributed by atoms with Gasteiger partial charge in [-0.3, -0.25) is 10.0 Å². The van der Waals surface area contributed by atoms with E-state index in [-0.39, 0.29) is 5.91 Å². The standard InChI is InChI=1S/C21H27NO2/c1-21(2,3)22(24)20(23)19-16-10-9-15-18(19)14-8-7-13-17-11-5-4-6-12-17/h4-6,9-12,15-16,24H,7-8,13-14H2,1-3H3. The van der Waals surface area contributed by atoms with Crippen LogP contribution in [0.25, 0.3) is 0 Å². The van der Waals surface area contributed by atoms with E-state index in [2.05, 4.69) is 24.3 Å². The molecule has 0 unspecified atom stereocenters. The average Bonchev–Trinajstić information content (AvgIpc) is 2.58. The van der Waals surface area contributed by atoms with Crippen LogP contribution < -0.4 is 0 Å². The first-order chi connectivity index (χ1) is 11.4. The van der Waals surface area contributed by atoms with Crippen molar-refractivity contribution in [1.29, 1.82) is 0 Å². The summed E-state index contributed by atoms with van der Waals surface area (Å²) in [4.78, 5) is 12.5. The number of aryl methyl sites for hydroxylation is 2. The van der Waals surface area contributed by atoms with Gasteiger partial charge in [0, 0.05) is 5.56 Å². The van der Waals surface area contributed by atoms with Crippen molar-refractivity contribution in [3.63, 3.8) is 0 Å². The Bertz CT molecular complexity index is 659. The van der Waals surface area contributed by atoms with Crippen LogP contribution >= 0.6 is 0 Å². The SMILES string of the molecule is CC(C)(C)N(O)C(=O)c1ccccc1CCCCc1ccccc1. The van der Waals surface area contributed by atoms with Crippen LogP contribution in [0.4, 0.5) is 0 Å². The summed E-state index contributed by atoms with van der Waals surface area (Å²) < 4.78 is 0. The maximum atomic E-state index is 12.5. The molecule has 0 aliphatic rings. The van der Waals surface area contributed by atoms with Crippen LogP contribution in [0.1, 0.15) is 55.1 Å². The summed E-state index contributed by atoms with van der Waals surface area (Å²) in [6.07, 6.45) is 3.98. The maximum Gasteiger partial charge on any atom is 0.277 e. The third kappa shape index (κ3) is 4.93. The smallest absolute Gasteiger partial charge is 0.277 e. The largest absolute Gasteiger partial charge is 0.285 e. The Kier molecular flexibility index (Phi) is 6.16. The van der Waals surface area contributed by atoms with Gasteiger partial charge in [0.2, 0.25) is 0 Å². The third-order valence-electron chi connectivity index (χ3n) is 4.08. The van der Waals surface area contributed by atoms with E-state index in [9.17, 15) is 10.0 Å². The second-order valence-electron chi connectivity index (χ2n) is 7.14. The molecule has 0 saturated heterocycles. The first kappa shape index (κ1) is 18.2. The zero-order chi connectivity index (χ0) is 17.6. The average molecular weight is 325 g/mol. The van der Waals surface area contributed by atoms with Gasteiger partial charge in [0.25, 0.3) is 5.91 Å². The Hall–Kier alpha value is -2.13. The summed E-state index contributed by atoms with van der Waals surface area (Å²) >= 11 is 0. The predicted octanol–water partition coefficient (Wildman–Crippen LogP) is 4.88. The highest BCUT2D eigenvalue weighted by molar-refractivity contribution is 5.95. The maximum absolute atomic E-state index is 12.5. The fourth-order valence-corrected chi connectivity index (χ4v) is 2.65. The molecular formula is C21H27NO2. The van der Waals surface area contributed by atoms with Crippen LogP contribution in [0.2, 0.25) is 0 Å². The predicted molar refractivity (Wildman–Crippen MR) is 97.2 cm³/mol. The molecule has 0 aliphatic carbocycles. The zero-order valence-electron chi connectivity index (χ0n) is 14.8. The number of carbonyl (C=O) groups excluding carboxylic acids is 1. The van der Waals surface area contributed by atoms with Crippen LogP contribution in [0.5, 0.6) is 0 Å². The van der Waals surface area contributed by atoms with E-state index in [1.54, 1.807) is 6.07 Å². The van der Waals surface area contributed by atoms with Crippen molar-refractivity contribution in [2.24, 2.45) is 0 Å².